The number of carbonyl (C=O) groups excluding carboxylic acids is 2. The monoisotopic (exact) mass is 314 g/mol. The highest BCUT2D eigenvalue weighted by atomic mass is 16.1. The summed E-state index contributed by atoms with van der Waals surface area (Å²) >= 11 is 0. The first kappa shape index (κ1) is 15.6. The van der Waals surface area contributed by atoms with E-state index in [1.165, 1.54) is 19.3 Å². The number of fused-ring (bicyclic) bond motifs is 5. The highest BCUT2D eigenvalue weighted by molar-refractivity contribution is 5.80. The molecule has 4 aliphatic rings. The number of hydrogen-bond acceptors (Lipinski definition) is 2. The van der Waals surface area contributed by atoms with Gasteiger partial charge in [-0.1, -0.05) is 25.5 Å². The van der Waals surface area contributed by atoms with Gasteiger partial charge in [-0.25, -0.2) is 0 Å². The molecule has 0 aromatic carbocycles. The molecule has 0 bridgehead atoms. The van der Waals surface area contributed by atoms with E-state index in [1.54, 1.807) is 12.5 Å². The summed E-state index contributed by atoms with van der Waals surface area (Å²) in [6.07, 6.45) is 11.0. The van der Waals surface area contributed by atoms with Crippen molar-refractivity contribution in [3.8, 4) is 0 Å². The second-order valence-corrected chi connectivity index (χ2v) is 9.26. The van der Waals surface area contributed by atoms with Crippen LogP contribution in [0.3, 0.4) is 0 Å². The van der Waals surface area contributed by atoms with Crippen molar-refractivity contribution >= 4 is 11.6 Å². The van der Waals surface area contributed by atoms with Gasteiger partial charge in [0, 0.05) is 18.8 Å². The zero-order valence-electron chi connectivity index (χ0n) is 14.9. The van der Waals surface area contributed by atoms with Crippen LogP contribution in [0.2, 0.25) is 0 Å². The van der Waals surface area contributed by atoms with E-state index in [9.17, 15) is 9.59 Å². The summed E-state index contributed by atoms with van der Waals surface area (Å²) in [5.74, 6) is 3.07. The minimum atomic E-state index is 0.188. The highest BCUT2D eigenvalue weighted by Gasteiger charge is 2.57. The van der Waals surface area contributed by atoms with Gasteiger partial charge < -0.3 is 0 Å². The van der Waals surface area contributed by atoms with Gasteiger partial charge in [0.2, 0.25) is 0 Å². The number of rotatable bonds is 1. The molecule has 0 N–H and O–H groups in total. The zero-order valence-corrected chi connectivity index (χ0v) is 14.9. The van der Waals surface area contributed by atoms with Crippen molar-refractivity contribution in [3.05, 3.63) is 11.6 Å². The molecule has 6 atom stereocenters. The average molecular weight is 314 g/mol. The van der Waals surface area contributed by atoms with Gasteiger partial charge in [-0.3, -0.25) is 9.59 Å². The van der Waals surface area contributed by atoms with Crippen LogP contribution in [-0.2, 0) is 9.59 Å². The van der Waals surface area contributed by atoms with Crippen LogP contribution < -0.4 is 0 Å². The third kappa shape index (κ3) is 2.06. The van der Waals surface area contributed by atoms with Crippen LogP contribution in [0.25, 0.3) is 0 Å². The molecule has 0 spiro atoms. The first-order valence-corrected chi connectivity index (χ1v) is 9.59. The molecule has 0 heterocycles. The fourth-order valence-corrected chi connectivity index (χ4v) is 6.98. The second kappa shape index (κ2) is 5.04. The topological polar surface area (TPSA) is 34.1 Å². The standard InChI is InChI=1S/C21H30O2/c1-13(22)17-6-7-18-16-5-4-14-12-15(23)8-10-20(14,2)19(16)9-11-21(17,18)3/h9,14,16-18H,4-8,10-12H2,1-3H3/t14-,16+,17-,18+,20+,21-/m1/s1. The van der Waals surface area contributed by atoms with E-state index < -0.39 is 0 Å². The Balaban J connectivity index is 1.70. The van der Waals surface area contributed by atoms with Gasteiger partial charge in [-0.05, 0) is 74.0 Å². The number of Topliss-reactive ketones (excluding diaryl/α,β-unsaturated/α-hetero) is 2. The number of allylic oxidation sites excluding steroid dienone is 2. The highest BCUT2D eigenvalue weighted by Crippen LogP contribution is 2.65. The molecule has 2 nitrogen and oxygen atoms in total. The van der Waals surface area contributed by atoms with E-state index in [-0.39, 0.29) is 16.7 Å². The maximum atomic E-state index is 12.1. The lowest BCUT2D eigenvalue weighted by Gasteiger charge is -2.55. The van der Waals surface area contributed by atoms with E-state index in [0.717, 1.165) is 32.1 Å². The van der Waals surface area contributed by atoms with Gasteiger partial charge >= 0.3 is 0 Å². The smallest absolute Gasteiger partial charge is 0.133 e. The van der Waals surface area contributed by atoms with E-state index in [4.69, 9.17) is 0 Å². The number of carbonyl (C=O) groups is 2. The van der Waals surface area contributed by atoms with E-state index in [2.05, 4.69) is 19.9 Å². The van der Waals surface area contributed by atoms with Gasteiger partial charge in [0.05, 0.1) is 0 Å². The van der Waals surface area contributed by atoms with Crippen molar-refractivity contribution in [2.24, 2.45) is 34.5 Å². The first-order valence-electron chi connectivity index (χ1n) is 9.59. The summed E-state index contributed by atoms with van der Waals surface area (Å²) in [7, 11) is 0. The minimum absolute atomic E-state index is 0.188. The molecule has 0 radical (unpaired) electrons. The van der Waals surface area contributed by atoms with Gasteiger partial charge in [0.1, 0.15) is 11.6 Å². The van der Waals surface area contributed by atoms with Crippen LogP contribution in [0, 0.1) is 34.5 Å². The number of ketones is 2. The molecule has 126 valence electrons. The predicted octanol–water partition coefficient (Wildman–Crippen LogP) is 4.72. The third-order valence-electron chi connectivity index (χ3n) is 8.33. The molecule has 3 saturated carbocycles. The molecule has 0 aliphatic heterocycles. The second-order valence-electron chi connectivity index (χ2n) is 9.26. The van der Waals surface area contributed by atoms with Crippen LogP contribution >= 0.6 is 0 Å². The van der Waals surface area contributed by atoms with E-state index >= 15 is 0 Å². The largest absolute Gasteiger partial charge is 0.300 e. The Labute approximate surface area is 140 Å². The quantitative estimate of drug-likeness (QED) is 0.656. The van der Waals surface area contributed by atoms with Crippen molar-refractivity contribution in [1.82, 2.24) is 0 Å². The minimum Gasteiger partial charge on any atom is -0.300 e. The van der Waals surface area contributed by atoms with E-state index in [0.29, 0.717) is 29.3 Å². The molecular formula is C21H30O2. The first-order chi connectivity index (χ1) is 10.9. The number of hydrogen-bond donors (Lipinski definition) is 0. The third-order valence-corrected chi connectivity index (χ3v) is 8.33. The van der Waals surface area contributed by atoms with Crippen LogP contribution in [0.15, 0.2) is 11.6 Å². The Morgan fingerprint density at radius 2 is 1.96 bits per heavy atom. The summed E-state index contributed by atoms with van der Waals surface area (Å²) in [6.45, 7) is 6.60. The molecule has 23 heavy (non-hydrogen) atoms. The maximum Gasteiger partial charge on any atom is 0.133 e. The molecule has 0 aromatic heterocycles. The van der Waals surface area contributed by atoms with Gasteiger partial charge in [-0.2, -0.15) is 0 Å². The Bertz CT molecular complexity index is 589. The molecule has 4 aliphatic carbocycles. The molecule has 4 rings (SSSR count). The van der Waals surface area contributed by atoms with Crippen molar-refractivity contribution in [2.75, 3.05) is 0 Å². The Kier molecular flexibility index (Phi) is 3.42. The summed E-state index contributed by atoms with van der Waals surface area (Å²) < 4.78 is 0. The molecular weight excluding hydrogens is 284 g/mol. The lowest BCUT2D eigenvalue weighted by Crippen LogP contribution is -2.48. The molecule has 0 aromatic rings. The zero-order chi connectivity index (χ0) is 16.4. The molecule has 0 unspecified atom stereocenters. The van der Waals surface area contributed by atoms with Crippen molar-refractivity contribution < 1.29 is 9.59 Å². The van der Waals surface area contributed by atoms with Crippen LogP contribution in [0.1, 0.15) is 72.1 Å². The van der Waals surface area contributed by atoms with E-state index in [1.807, 2.05) is 0 Å². The summed E-state index contributed by atoms with van der Waals surface area (Å²) in [5, 5.41) is 0. The van der Waals surface area contributed by atoms with Crippen molar-refractivity contribution in [3.63, 3.8) is 0 Å². The van der Waals surface area contributed by atoms with Crippen molar-refractivity contribution in [1.29, 1.82) is 0 Å². The molecule has 0 saturated heterocycles. The van der Waals surface area contributed by atoms with Crippen LogP contribution in [0.4, 0.5) is 0 Å². The predicted molar refractivity (Wildman–Crippen MR) is 90.9 cm³/mol. The summed E-state index contributed by atoms with van der Waals surface area (Å²) in [6, 6.07) is 0. The average Bonchev–Trinajstić information content (AvgIpc) is 2.85. The van der Waals surface area contributed by atoms with Crippen LogP contribution in [0.5, 0.6) is 0 Å². The summed E-state index contributed by atoms with van der Waals surface area (Å²) in [5.41, 5.74) is 2.12. The molecule has 0 amide bonds. The van der Waals surface area contributed by atoms with Gasteiger partial charge in [0.25, 0.3) is 0 Å². The van der Waals surface area contributed by atoms with Crippen molar-refractivity contribution in [2.45, 2.75) is 72.1 Å². The Morgan fingerprint density at radius 1 is 1.17 bits per heavy atom. The lowest BCUT2D eigenvalue weighted by atomic mass is 9.49. The van der Waals surface area contributed by atoms with Gasteiger partial charge in [-0.15, -0.1) is 0 Å². The normalized spacial score (nSPS) is 49.0. The molecule has 2 heteroatoms. The molecule has 3 fully saturated rings. The Morgan fingerprint density at radius 3 is 2.70 bits per heavy atom. The fourth-order valence-electron chi connectivity index (χ4n) is 6.98. The SMILES string of the molecule is CC(=O)[C@H]1CC[C@H]2[C@@H]3CC[C@@H]4CC(=O)CC[C@]4(C)C3=CC[C@]12C. The van der Waals surface area contributed by atoms with Crippen LogP contribution in [-0.4, -0.2) is 11.6 Å². The Hall–Kier alpha value is -0.920. The summed E-state index contributed by atoms with van der Waals surface area (Å²) in [4.78, 5) is 24.0. The fraction of sp³-hybridized carbons (Fsp3) is 0.810. The maximum absolute atomic E-state index is 12.1. The lowest BCUT2D eigenvalue weighted by molar-refractivity contribution is -0.127. The van der Waals surface area contributed by atoms with Gasteiger partial charge in [0.15, 0.2) is 0 Å².